The van der Waals surface area contributed by atoms with Crippen LogP contribution in [0, 0.1) is 11.3 Å². The second-order valence-corrected chi connectivity index (χ2v) is 9.47. The number of hydrogen-bond acceptors (Lipinski definition) is 3. The first-order valence-electron chi connectivity index (χ1n) is 10.6. The van der Waals surface area contributed by atoms with Gasteiger partial charge in [-0.25, -0.2) is 4.79 Å². The summed E-state index contributed by atoms with van der Waals surface area (Å²) in [6.07, 6.45) is 6.16. The summed E-state index contributed by atoms with van der Waals surface area (Å²) in [5.41, 5.74) is 1.44. The molecule has 0 saturated carbocycles. The van der Waals surface area contributed by atoms with Crippen molar-refractivity contribution in [3.63, 3.8) is 0 Å². The Kier molecular flexibility index (Phi) is 7.81. The lowest BCUT2D eigenvalue weighted by molar-refractivity contribution is 0.00800. The summed E-state index contributed by atoms with van der Waals surface area (Å²) < 4.78 is 5.95. The second kappa shape index (κ2) is 10.4. The van der Waals surface area contributed by atoms with E-state index in [1.165, 1.54) is 0 Å². The molecule has 0 spiro atoms. The average molecular weight is 472 g/mol. The van der Waals surface area contributed by atoms with Gasteiger partial charge in [0.1, 0.15) is 6.10 Å². The van der Waals surface area contributed by atoms with Crippen molar-refractivity contribution in [2.24, 2.45) is 11.3 Å². The molecule has 1 N–H and O–H groups in total. The number of ether oxygens (including phenoxy) is 1. The molecule has 0 heterocycles. The molecule has 1 aliphatic rings. The fraction of sp³-hybridized carbons (Fsp3) is 0.308. The molecule has 0 aromatic heterocycles. The Morgan fingerprint density at radius 1 is 1.00 bits per heavy atom. The zero-order valence-electron chi connectivity index (χ0n) is 18.4. The lowest BCUT2D eigenvalue weighted by atomic mass is 9.71. The van der Waals surface area contributed by atoms with E-state index in [2.05, 4.69) is 25.2 Å². The van der Waals surface area contributed by atoms with Gasteiger partial charge in [-0.2, -0.15) is 0 Å². The van der Waals surface area contributed by atoms with Crippen LogP contribution in [-0.2, 0) is 4.74 Å². The lowest BCUT2D eigenvalue weighted by Crippen LogP contribution is -2.47. The normalized spacial score (nSPS) is 20.1. The number of amides is 1. The third kappa shape index (κ3) is 6.02. The maximum atomic E-state index is 12.9. The monoisotopic (exact) mass is 471 g/mol. The average Bonchev–Trinajstić information content (AvgIpc) is 2.74. The number of rotatable bonds is 7. The maximum Gasteiger partial charge on any atom is 0.338 e. The van der Waals surface area contributed by atoms with Gasteiger partial charge in [-0.3, -0.25) is 4.79 Å². The van der Waals surface area contributed by atoms with E-state index in [0.29, 0.717) is 33.6 Å². The smallest absolute Gasteiger partial charge is 0.338 e. The summed E-state index contributed by atoms with van der Waals surface area (Å²) in [5, 5.41) is 4.16. The number of allylic oxidation sites excluding steroid dienone is 2. The van der Waals surface area contributed by atoms with Gasteiger partial charge in [0.05, 0.1) is 5.56 Å². The summed E-state index contributed by atoms with van der Waals surface area (Å²) in [7, 11) is 0. The third-order valence-electron chi connectivity index (χ3n) is 5.40. The number of nitrogens with one attached hydrogen (secondary N) is 1. The van der Waals surface area contributed by atoms with E-state index in [-0.39, 0.29) is 5.91 Å². The van der Waals surface area contributed by atoms with E-state index in [1.54, 1.807) is 48.5 Å². The molecule has 2 unspecified atom stereocenters. The van der Waals surface area contributed by atoms with Crippen molar-refractivity contribution in [2.45, 2.75) is 33.3 Å². The van der Waals surface area contributed by atoms with Gasteiger partial charge in [-0.1, -0.05) is 54.8 Å². The number of carbonyl (C=O) groups excluding carboxylic acids is 2. The Morgan fingerprint density at radius 2 is 1.56 bits per heavy atom. The first kappa shape index (κ1) is 24.1. The first-order chi connectivity index (χ1) is 15.2. The molecule has 2 aromatic carbocycles. The Bertz CT molecular complexity index is 1030. The van der Waals surface area contributed by atoms with E-state index in [4.69, 9.17) is 27.9 Å². The molecule has 32 heavy (non-hydrogen) atoms. The number of carbonyl (C=O) groups is 2. The minimum absolute atomic E-state index is 0.201. The van der Waals surface area contributed by atoms with Crippen molar-refractivity contribution in [1.82, 2.24) is 5.32 Å². The van der Waals surface area contributed by atoms with E-state index >= 15 is 0 Å². The summed E-state index contributed by atoms with van der Waals surface area (Å²) in [6.45, 7) is 6.56. The predicted octanol–water partition coefficient (Wildman–Crippen LogP) is 6.50. The van der Waals surface area contributed by atoms with Gasteiger partial charge >= 0.3 is 5.97 Å². The van der Waals surface area contributed by atoms with Crippen LogP contribution in [0.4, 0.5) is 0 Å². The van der Waals surface area contributed by atoms with Gasteiger partial charge in [-0.05, 0) is 73.9 Å². The molecule has 4 nitrogen and oxygen atoms in total. The van der Waals surface area contributed by atoms with E-state index in [1.807, 2.05) is 19.1 Å². The van der Waals surface area contributed by atoms with Gasteiger partial charge in [0.2, 0.25) is 0 Å². The zero-order chi connectivity index (χ0) is 23.3. The first-order valence-corrected chi connectivity index (χ1v) is 11.3. The van der Waals surface area contributed by atoms with E-state index < -0.39 is 17.5 Å². The van der Waals surface area contributed by atoms with Gasteiger partial charge in [0.15, 0.2) is 0 Å². The summed E-state index contributed by atoms with van der Waals surface area (Å²) in [4.78, 5) is 25.6. The molecule has 1 aliphatic carbocycles. The summed E-state index contributed by atoms with van der Waals surface area (Å²) in [6, 6.07) is 13.4. The highest BCUT2D eigenvalue weighted by Crippen LogP contribution is 2.39. The van der Waals surface area contributed by atoms with E-state index in [9.17, 15) is 9.59 Å². The molecule has 0 saturated heterocycles. The van der Waals surface area contributed by atoms with Gasteiger partial charge in [0, 0.05) is 27.6 Å². The van der Waals surface area contributed by atoms with E-state index in [0.717, 1.165) is 12.0 Å². The highest BCUT2D eigenvalue weighted by Gasteiger charge is 2.41. The second-order valence-electron chi connectivity index (χ2n) is 8.60. The molecule has 2 atom stereocenters. The van der Waals surface area contributed by atoms with Crippen molar-refractivity contribution in [2.75, 3.05) is 6.54 Å². The van der Waals surface area contributed by atoms with Crippen molar-refractivity contribution in [3.05, 3.63) is 93.5 Å². The third-order valence-corrected chi connectivity index (χ3v) is 5.91. The summed E-state index contributed by atoms with van der Waals surface area (Å²) in [5.74, 6) is -0.315. The SMILES string of the molecule is CC1=CC(CNC(=O)c2ccc(Cl)cc2)(CC(C)C)C(OC(=O)c2ccc(Cl)cc2)C=C1. The van der Waals surface area contributed by atoms with Crippen LogP contribution in [0.1, 0.15) is 47.9 Å². The molecule has 2 aromatic rings. The number of halogens is 2. The fourth-order valence-electron chi connectivity index (χ4n) is 4.05. The van der Waals surface area contributed by atoms with Crippen LogP contribution < -0.4 is 5.32 Å². The lowest BCUT2D eigenvalue weighted by Gasteiger charge is -2.40. The molecular formula is C26H27Cl2NO3. The van der Waals surface area contributed by atoms with Crippen LogP contribution in [0.3, 0.4) is 0 Å². The minimum atomic E-state index is -0.572. The van der Waals surface area contributed by atoms with Crippen molar-refractivity contribution >= 4 is 35.1 Å². The number of benzene rings is 2. The maximum absolute atomic E-state index is 12.9. The minimum Gasteiger partial charge on any atom is -0.454 e. The predicted molar refractivity (Wildman–Crippen MR) is 129 cm³/mol. The Balaban J connectivity index is 1.84. The van der Waals surface area contributed by atoms with Gasteiger partial charge < -0.3 is 10.1 Å². The highest BCUT2D eigenvalue weighted by molar-refractivity contribution is 6.31. The van der Waals surface area contributed by atoms with Gasteiger partial charge in [-0.15, -0.1) is 0 Å². The molecule has 6 heteroatoms. The topological polar surface area (TPSA) is 55.4 Å². The highest BCUT2D eigenvalue weighted by atomic mass is 35.5. The summed E-state index contributed by atoms with van der Waals surface area (Å²) >= 11 is 11.9. The van der Waals surface area contributed by atoms with Crippen LogP contribution in [0.25, 0.3) is 0 Å². The number of hydrogen-bond donors (Lipinski definition) is 1. The van der Waals surface area contributed by atoms with Crippen LogP contribution >= 0.6 is 23.2 Å². The van der Waals surface area contributed by atoms with Crippen LogP contribution in [0.5, 0.6) is 0 Å². The molecule has 0 radical (unpaired) electrons. The van der Waals surface area contributed by atoms with Crippen molar-refractivity contribution in [3.8, 4) is 0 Å². The Hall–Kier alpha value is -2.56. The van der Waals surface area contributed by atoms with Crippen LogP contribution in [0.2, 0.25) is 10.0 Å². The van der Waals surface area contributed by atoms with Crippen LogP contribution in [-0.4, -0.2) is 24.5 Å². The largest absolute Gasteiger partial charge is 0.454 e. The molecule has 1 amide bonds. The molecular weight excluding hydrogens is 445 g/mol. The molecule has 0 bridgehead atoms. The molecule has 168 valence electrons. The van der Waals surface area contributed by atoms with Crippen molar-refractivity contribution < 1.29 is 14.3 Å². The molecule has 0 fully saturated rings. The Labute approximate surface area is 199 Å². The Morgan fingerprint density at radius 3 is 2.12 bits per heavy atom. The number of esters is 1. The van der Waals surface area contributed by atoms with Crippen LogP contribution in [0.15, 0.2) is 72.3 Å². The fourth-order valence-corrected chi connectivity index (χ4v) is 4.30. The van der Waals surface area contributed by atoms with Gasteiger partial charge in [0.25, 0.3) is 5.91 Å². The quantitative estimate of drug-likeness (QED) is 0.468. The zero-order valence-corrected chi connectivity index (χ0v) is 19.9. The molecule has 3 rings (SSSR count). The molecule has 0 aliphatic heterocycles. The standard InChI is InChI=1S/C26H27Cl2NO3/c1-17(2)14-26(16-29-24(30)19-5-9-21(27)10-6-19)15-18(3)4-13-23(26)32-25(31)20-7-11-22(28)12-8-20/h4-13,15,17,23H,14,16H2,1-3H3,(H,29,30). The van der Waals surface area contributed by atoms with Crippen molar-refractivity contribution in [1.29, 1.82) is 0 Å².